The van der Waals surface area contributed by atoms with Crippen LogP contribution in [0, 0.1) is 0 Å². The fourth-order valence-corrected chi connectivity index (χ4v) is 1.48. The van der Waals surface area contributed by atoms with Crippen molar-refractivity contribution in [2.75, 3.05) is 13.2 Å². The maximum absolute atomic E-state index is 6.01. The molecule has 0 unspecified atom stereocenters. The molecule has 1 aromatic rings. The summed E-state index contributed by atoms with van der Waals surface area (Å²) in [6, 6.07) is 8.05. The molecule has 0 aliphatic rings. The largest absolute Gasteiger partial charge is 0.494 e. The minimum Gasteiger partial charge on any atom is -0.494 e. The normalized spacial score (nSPS) is 11.7. The number of nitrogens with two attached hydrogens (primary N) is 2. The molecule has 0 fully saturated rings. The Morgan fingerprint density at radius 1 is 1.25 bits per heavy atom. The molecule has 0 saturated heterocycles. The van der Waals surface area contributed by atoms with Gasteiger partial charge in [-0.05, 0) is 44.0 Å². The molecule has 1 aromatic carbocycles. The first-order chi connectivity index (χ1) is 7.27. The fraction of sp³-hybridized carbons (Fsp3) is 0.500. The van der Waals surface area contributed by atoms with Crippen LogP contribution in [0.2, 0.25) is 0 Å². The molecule has 0 aliphatic carbocycles. The molecule has 0 saturated carbocycles. The second-order valence-electron chi connectivity index (χ2n) is 3.54. The molecule has 0 amide bonds. The van der Waals surface area contributed by atoms with Gasteiger partial charge >= 0.3 is 0 Å². The summed E-state index contributed by atoms with van der Waals surface area (Å²) in [6.45, 7) is 3.37. The zero-order valence-electron chi connectivity index (χ0n) is 9.69. The lowest BCUT2D eigenvalue weighted by atomic mass is 10.0. The van der Waals surface area contributed by atoms with Gasteiger partial charge in [0.25, 0.3) is 0 Å². The Morgan fingerprint density at radius 2 is 1.88 bits per heavy atom. The summed E-state index contributed by atoms with van der Waals surface area (Å²) in [6.07, 6.45) is 1.90. The monoisotopic (exact) mass is 244 g/mol. The third-order valence-electron chi connectivity index (χ3n) is 2.34. The zero-order chi connectivity index (χ0) is 11.1. The van der Waals surface area contributed by atoms with Gasteiger partial charge in [0, 0.05) is 6.04 Å². The quantitative estimate of drug-likeness (QED) is 0.807. The van der Waals surface area contributed by atoms with E-state index in [0.717, 1.165) is 24.2 Å². The summed E-state index contributed by atoms with van der Waals surface area (Å²) in [5.74, 6) is 0.896. The number of hydrogen-bond donors (Lipinski definition) is 2. The van der Waals surface area contributed by atoms with E-state index in [9.17, 15) is 0 Å². The van der Waals surface area contributed by atoms with Crippen LogP contribution in [0.1, 0.15) is 31.4 Å². The minimum atomic E-state index is 0. The molecule has 1 rings (SSSR count). The second-order valence-corrected chi connectivity index (χ2v) is 3.54. The van der Waals surface area contributed by atoms with Crippen molar-refractivity contribution in [3.63, 3.8) is 0 Å². The first-order valence-electron chi connectivity index (χ1n) is 5.46. The van der Waals surface area contributed by atoms with E-state index in [2.05, 4.69) is 0 Å². The van der Waals surface area contributed by atoms with Crippen LogP contribution in [0.3, 0.4) is 0 Å². The first-order valence-corrected chi connectivity index (χ1v) is 5.46. The van der Waals surface area contributed by atoms with E-state index in [1.165, 1.54) is 0 Å². The molecule has 0 bridgehead atoms. The van der Waals surface area contributed by atoms with Crippen molar-refractivity contribution in [1.82, 2.24) is 0 Å². The number of halogens is 1. The second kappa shape index (κ2) is 8.39. The van der Waals surface area contributed by atoms with Crippen LogP contribution in [0.15, 0.2) is 24.3 Å². The van der Waals surface area contributed by atoms with Gasteiger partial charge in [-0.2, -0.15) is 0 Å². The molecular formula is C12H21ClN2O. The third kappa shape index (κ3) is 4.84. The fourth-order valence-electron chi connectivity index (χ4n) is 1.48. The lowest BCUT2D eigenvalue weighted by Crippen LogP contribution is -2.12. The maximum Gasteiger partial charge on any atom is 0.119 e. The van der Waals surface area contributed by atoms with Gasteiger partial charge in [-0.25, -0.2) is 0 Å². The number of rotatable bonds is 6. The van der Waals surface area contributed by atoms with Gasteiger partial charge < -0.3 is 16.2 Å². The summed E-state index contributed by atoms with van der Waals surface area (Å²) in [5.41, 5.74) is 12.6. The van der Waals surface area contributed by atoms with Crippen LogP contribution >= 0.6 is 12.4 Å². The van der Waals surface area contributed by atoms with Crippen molar-refractivity contribution >= 4 is 12.4 Å². The third-order valence-corrected chi connectivity index (χ3v) is 2.34. The molecule has 4 heteroatoms. The molecule has 0 heterocycles. The SMILES string of the molecule is CCOc1ccc([C@H](N)CCCN)cc1.Cl. The summed E-state index contributed by atoms with van der Waals surface area (Å²) in [5, 5.41) is 0. The molecule has 0 aromatic heterocycles. The molecule has 16 heavy (non-hydrogen) atoms. The highest BCUT2D eigenvalue weighted by Gasteiger charge is 2.04. The standard InChI is InChI=1S/C12H20N2O.ClH/c1-2-15-11-7-5-10(6-8-11)12(14)4-3-9-13;/h5-8,12H,2-4,9,13-14H2,1H3;1H/t12-;/m1./s1. The van der Waals surface area contributed by atoms with Crippen LogP contribution in [0.25, 0.3) is 0 Å². The van der Waals surface area contributed by atoms with Gasteiger partial charge in [0.2, 0.25) is 0 Å². The van der Waals surface area contributed by atoms with E-state index < -0.39 is 0 Å². The Labute approximate surface area is 104 Å². The number of ether oxygens (including phenoxy) is 1. The average molecular weight is 245 g/mol. The molecular weight excluding hydrogens is 224 g/mol. The highest BCUT2D eigenvalue weighted by molar-refractivity contribution is 5.85. The molecule has 0 radical (unpaired) electrons. The average Bonchev–Trinajstić information content (AvgIpc) is 2.27. The Balaban J connectivity index is 0.00000225. The molecule has 3 nitrogen and oxygen atoms in total. The summed E-state index contributed by atoms with van der Waals surface area (Å²) >= 11 is 0. The summed E-state index contributed by atoms with van der Waals surface area (Å²) in [7, 11) is 0. The van der Waals surface area contributed by atoms with Crippen molar-refractivity contribution in [2.24, 2.45) is 11.5 Å². The van der Waals surface area contributed by atoms with Crippen molar-refractivity contribution in [3.05, 3.63) is 29.8 Å². The lowest BCUT2D eigenvalue weighted by Gasteiger charge is -2.12. The maximum atomic E-state index is 6.01. The van der Waals surface area contributed by atoms with Gasteiger partial charge in [-0.1, -0.05) is 12.1 Å². The van der Waals surface area contributed by atoms with E-state index in [1.54, 1.807) is 0 Å². The minimum absolute atomic E-state index is 0. The van der Waals surface area contributed by atoms with Crippen LogP contribution in [0.4, 0.5) is 0 Å². The van der Waals surface area contributed by atoms with Crippen molar-refractivity contribution in [1.29, 1.82) is 0 Å². The van der Waals surface area contributed by atoms with Gasteiger partial charge in [0.15, 0.2) is 0 Å². The molecule has 4 N–H and O–H groups in total. The molecule has 0 aliphatic heterocycles. The van der Waals surface area contributed by atoms with E-state index in [1.807, 2.05) is 31.2 Å². The summed E-state index contributed by atoms with van der Waals surface area (Å²) < 4.78 is 5.36. The number of benzene rings is 1. The van der Waals surface area contributed by atoms with E-state index >= 15 is 0 Å². The number of hydrogen-bond acceptors (Lipinski definition) is 3. The smallest absolute Gasteiger partial charge is 0.119 e. The van der Waals surface area contributed by atoms with Gasteiger partial charge in [0.1, 0.15) is 5.75 Å². The van der Waals surface area contributed by atoms with E-state index in [4.69, 9.17) is 16.2 Å². The predicted molar refractivity (Wildman–Crippen MR) is 70.1 cm³/mol. The highest BCUT2D eigenvalue weighted by atomic mass is 35.5. The van der Waals surface area contributed by atoms with Crippen LogP contribution < -0.4 is 16.2 Å². The Kier molecular flexibility index (Phi) is 7.99. The van der Waals surface area contributed by atoms with Gasteiger partial charge in [-0.15, -0.1) is 12.4 Å². The van der Waals surface area contributed by atoms with Crippen LogP contribution in [-0.2, 0) is 0 Å². The van der Waals surface area contributed by atoms with Crippen molar-refractivity contribution in [2.45, 2.75) is 25.8 Å². The molecule has 0 spiro atoms. The molecule has 1 atom stereocenters. The van der Waals surface area contributed by atoms with Crippen molar-refractivity contribution in [3.8, 4) is 5.75 Å². The highest BCUT2D eigenvalue weighted by Crippen LogP contribution is 2.19. The van der Waals surface area contributed by atoms with Gasteiger partial charge in [0.05, 0.1) is 6.61 Å². The van der Waals surface area contributed by atoms with E-state index in [-0.39, 0.29) is 18.4 Å². The zero-order valence-corrected chi connectivity index (χ0v) is 10.5. The molecule has 92 valence electrons. The van der Waals surface area contributed by atoms with E-state index in [0.29, 0.717) is 13.2 Å². The Hall–Kier alpha value is -0.770. The Morgan fingerprint density at radius 3 is 2.38 bits per heavy atom. The lowest BCUT2D eigenvalue weighted by molar-refractivity contribution is 0.340. The van der Waals surface area contributed by atoms with Crippen LogP contribution in [0.5, 0.6) is 5.75 Å². The van der Waals surface area contributed by atoms with Gasteiger partial charge in [-0.3, -0.25) is 0 Å². The topological polar surface area (TPSA) is 61.3 Å². The first kappa shape index (κ1) is 15.2. The van der Waals surface area contributed by atoms with Crippen LogP contribution in [-0.4, -0.2) is 13.2 Å². The predicted octanol–water partition coefficient (Wildman–Crippen LogP) is 2.25. The Bertz CT molecular complexity index is 277. The van der Waals surface area contributed by atoms with Crippen molar-refractivity contribution < 1.29 is 4.74 Å². The summed E-state index contributed by atoms with van der Waals surface area (Å²) in [4.78, 5) is 0.